The summed E-state index contributed by atoms with van der Waals surface area (Å²) < 4.78 is 0. The summed E-state index contributed by atoms with van der Waals surface area (Å²) in [5.74, 6) is 2.36. The van der Waals surface area contributed by atoms with Crippen molar-refractivity contribution in [1.29, 1.82) is 0 Å². The number of hydrogen-bond acceptors (Lipinski definition) is 2. The molecule has 10 heavy (non-hydrogen) atoms. The minimum Gasteiger partial charge on any atom is -0.368 e. The number of hydrogen-bond donors (Lipinski definition) is 1. The van der Waals surface area contributed by atoms with Crippen molar-refractivity contribution < 1.29 is 0 Å². The predicted molar refractivity (Wildman–Crippen MR) is 45.8 cm³/mol. The molecule has 1 N–H and O–H groups in total. The van der Waals surface area contributed by atoms with E-state index in [1.807, 2.05) is 24.2 Å². The Balaban J connectivity index is 2.34. The average molecular weight is 151 g/mol. The molecule has 0 saturated carbocycles. The van der Waals surface area contributed by atoms with E-state index in [4.69, 9.17) is 0 Å². The Bertz CT molecular complexity index is 203. The summed E-state index contributed by atoms with van der Waals surface area (Å²) in [6.45, 7) is 0. The molecule has 0 aromatic heterocycles. The zero-order valence-electron chi connectivity index (χ0n) is 5.63. The van der Waals surface area contributed by atoms with Crippen LogP contribution in [0.15, 0.2) is 35.7 Å². The third kappa shape index (κ3) is 0.991. The standard InChI is InChI=1S/C8H9NS/c1-3-9-4-2-8-6-10-5-7(1)8/h1-4,9H,5-6H2. The molecular weight excluding hydrogens is 142 g/mol. The second kappa shape index (κ2) is 2.54. The van der Waals surface area contributed by atoms with Crippen molar-refractivity contribution >= 4 is 11.8 Å². The van der Waals surface area contributed by atoms with Crippen LogP contribution in [0.4, 0.5) is 0 Å². The molecular formula is C8H9NS. The van der Waals surface area contributed by atoms with Crippen LogP contribution < -0.4 is 5.32 Å². The van der Waals surface area contributed by atoms with Gasteiger partial charge in [0, 0.05) is 23.9 Å². The van der Waals surface area contributed by atoms with Gasteiger partial charge >= 0.3 is 0 Å². The van der Waals surface area contributed by atoms with Crippen LogP contribution in [-0.2, 0) is 0 Å². The smallest absolute Gasteiger partial charge is 0.0191 e. The lowest BCUT2D eigenvalue weighted by atomic mass is 10.1. The molecule has 0 fully saturated rings. The van der Waals surface area contributed by atoms with Gasteiger partial charge in [-0.2, -0.15) is 11.8 Å². The molecule has 0 aromatic carbocycles. The monoisotopic (exact) mass is 151 g/mol. The minimum absolute atomic E-state index is 1.18. The topological polar surface area (TPSA) is 12.0 Å². The van der Waals surface area contributed by atoms with Crippen LogP contribution >= 0.6 is 11.8 Å². The van der Waals surface area contributed by atoms with Crippen LogP contribution in [0, 0.1) is 0 Å². The van der Waals surface area contributed by atoms with Gasteiger partial charge in [0.15, 0.2) is 0 Å². The molecule has 0 saturated heterocycles. The quantitative estimate of drug-likeness (QED) is 0.565. The molecule has 0 atom stereocenters. The summed E-state index contributed by atoms with van der Waals surface area (Å²) in [7, 11) is 0. The Morgan fingerprint density at radius 2 is 1.70 bits per heavy atom. The van der Waals surface area contributed by atoms with Gasteiger partial charge in [0.1, 0.15) is 0 Å². The van der Waals surface area contributed by atoms with Crippen molar-refractivity contribution in [3.05, 3.63) is 35.7 Å². The molecule has 0 radical (unpaired) electrons. The highest BCUT2D eigenvalue weighted by Gasteiger charge is 2.10. The Kier molecular flexibility index (Phi) is 1.55. The molecule has 0 aliphatic carbocycles. The Morgan fingerprint density at radius 3 is 2.30 bits per heavy atom. The first-order valence-electron chi connectivity index (χ1n) is 3.36. The summed E-state index contributed by atoms with van der Waals surface area (Å²) >= 11 is 1.98. The van der Waals surface area contributed by atoms with Gasteiger partial charge in [-0.3, -0.25) is 0 Å². The first kappa shape index (κ1) is 6.10. The number of thioether (sulfide) groups is 1. The number of rotatable bonds is 0. The van der Waals surface area contributed by atoms with Crippen LogP contribution in [0.2, 0.25) is 0 Å². The predicted octanol–water partition coefficient (Wildman–Crippen LogP) is 1.66. The Labute approximate surface area is 64.9 Å². The van der Waals surface area contributed by atoms with E-state index in [9.17, 15) is 0 Å². The summed E-state index contributed by atoms with van der Waals surface area (Å²) in [5, 5.41) is 3.06. The van der Waals surface area contributed by atoms with Crippen LogP contribution in [0.5, 0.6) is 0 Å². The molecule has 0 unspecified atom stereocenters. The summed E-state index contributed by atoms with van der Waals surface area (Å²) in [5.41, 5.74) is 2.96. The van der Waals surface area contributed by atoms with Gasteiger partial charge in [-0.05, 0) is 23.3 Å². The van der Waals surface area contributed by atoms with Crippen molar-refractivity contribution in [2.75, 3.05) is 11.5 Å². The summed E-state index contributed by atoms with van der Waals surface area (Å²) in [4.78, 5) is 0. The van der Waals surface area contributed by atoms with Crippen LogP contribution in [0.1, 0.15) is 0 Å². The van der Waals surface area contributed by atoms with Gasteiger partial charge in [-0.25, -0.2) is 0 Å². The van der Waals surface area contributed by atoms with E-state index in [0.29, 0.717) is 0 Å². The third-order valence-electron chi connectivity index (χ3n) is 1.69. The van der Waals surface area contributed by atoms with Gasteiger partial charge < -0.3 is 5.32 Å². The van der Waals surface area contributed by atoms with Crippen LogP contribution in [0.25, 0.3) is 0 Å². The fourth-order valence-corrected chi connectivity index (χ4v) is 2.22. The van der Waals surface area contributed by atoms with E-state index in [1.54, 1.807) is 0 Å². The lowest BCUT2D eigenvalue weighted by Crippen LogP contribution is -1.89. The average Bonchev–Trinajstić information content (AvgIpc) is 2.28. The fraction of sp³-hybridized carbons (Fsp3) is 0.250. The third-order valence-corrected chi connectivity index (χ3v) is 2.72. The van der Waals surface area contributed by atoms with E-state index in [0.717, 1.165) is 0 Å². The second-order valence-electron chi connectivity index (χ2n) is 2.38. The molecule has 2 aliphatic rings. The Morgan fingerprint density at radius 1 is 1.10 bits per heavy atom. The fourth-order valence-electron chi connectivity index (χ4n) is 1.12. The van der Waals surface area contributed by atoms with Crippen molar-refractivity contribution in [3.8, 4) is 0 Å². The summed E-state index contributed by atoms with van der Waals surface area (Å²) in [6.07, 6.45) is 8.31. The van der Waals surface area contributed by atoms with Gasteiger partial charge in [0.05, 0.1) is 0 Å². The second-order valence-corrected chi connectivity index (χ2v) is 3.36. The Hall–Kier alpha value is -0.630. The number of allylic oxidation sites excluding steroid dienone is 2. The zero-order chi connectivity index (χ0) is 6.81. The lowest BCUT2D eigenvalue weighted by Gasteiger charge is -1.89. The molecule has 2 heterocycles. The van der Waals surface area contributed by atoms with E-state index in [2.05, 4.69) is 17.5 Å². The molecule has 2 rings (SSSR count). The molecule has 0 amide bonds. The van der Waals surface area contributed by atoms with E-state index in [1.165, 1.54) is 22.7 Å². The highest BCUT2D eigenvalue weighted by atomic mass is 32.2. The zero-order valence-corrected chi connectivity index (χ0v) is 6.45. The lowest BCUT2D eigenvalue weighted by molar-refractivity contribution is 1.20. The highest BCUT2D eigenvalue weighted by Crippen LogP contribution is 2.26. The van der Waals surface area contributed by atoms with Crippen LogP contribution in [-0.4, -0.2) is 11.5 Å². The van der Waals surface area contributed by atoms with Crippen molar-refractivity contribution in [2.24, 2.45) is 0 Å². The molecule has 0 bridgehead atoms. The first-order valence-corrected chi connectivity index (χ1v) is 4.51. The molecule has 0 aromatic rings. The van der Waals surface area contributed by atoms with Crippen molar-refractivity contribution in [2.45, 2.75) is 0 Å². The molecule has 0 spiro atoms. The number of nitrogens with one attached hydrogen (secondary N) is 1. The molecule has 2 aliphatic heterocycles. The van der Waals surface area contributed by atoms with Gasteiger partial charge in [0.25, 0.3) is 0 Å². The maximum atomic E-state index is 3.06. The molecule has 52 valence electrons. The maximum Gasteiger partial charge on any atom is 0.0191 e. The van der Waals surface area contributed by atoms with Gasteiger partial charge in [0.2, 0.25) is 0 Å². The highest BCUT2D eigenvalue weighted by molar-refractivity contribution is 7.99. The van der Waals surface area contributed by atoms with E-state index < -0.39 is 0 Å². The van der Waals surface area contributed by atoms with Gasteiger partial charge in [-0.1, -0.05) is 0 Å². The first-order chi connectivity index (χ1) is 4.97. The normalized spacial score (nSPS) is 22.4. The molecule has 2 heteroatoms. The maximum absolute atomic E-state index is 3.06. The SMILES string of the molecule is C1=CC2=C(C=CN1)CSC2. The minimum atomic E-state index is 1.18. The van der Waals surface area contributed by atoms with Crippen molar-refractivity contribution in [3.63, 3.8) is 0 Å². The largest absolute Gasteiger partial charge is 0.368 e. The van der Waals surface area contributed by atoms with E-state index in [-0.39, 0.29) is 0 Å². The van der Waals surface area contributed by atoms with Gasteiger partial charge in [-0.15, -0.1) is 0 Å². The van der Waals surface area contributed by atoms with Crippen molar-refractivity contribution in [1.82, 2.24) is 5.32 Å². The molecule has 1 nitrogen and oxygen atoms in total. The van der Waals surface area contributed by atoms with E-state index >= 15 is 0 Å². The van der Waals surface area contributed by atoms with Crippen LogP contribution in [0.3, 0.4) is 0 Å². The summed E-state index contributed by atoms with van der Waals surface area (Å²) in [6, 6.07) is 0.